The molecule has 1 aliphatic carbocycles. The monoisotopic (exact) mass is 322 g/mol. The fraction of sp³-hybridized carbons (Fsp3) is 0.611. The lowest BCUT2D eigenvalue weighted by molar-refractivity contribution is -0.125. The summed E-state index contributed by atoms with van der Waals surface area (Å²) in [7, 11) is 0. The molecule has 4 heteroatoms. The Morgan fingerprint density at radius 3 is 2.77 bits per heavy atom. The molecule has 0 spiro atoms. The van der Waals surface area contributed by atoms with E-state index in [1.807, 2.05) is 0 Å². The molecule has 1 saturated carbocycles. The van der Waals surface area contributed by atoms with Crippen LogP contribution in [0.1, 0.15) is 55.7 Å². The number of carbonyl (C=O) groups is 1. The molecule has 1 aromatic carbocycles. The van der Waals surface area contributed by atoms with E-state index in [4.69, 9.17) is 0 Å². The second kappa shape index (κ2) is 7.98. The summed E-state index contributed by atoms with van der Waals surface area (Å²) in [5.41, 5.74) is 3.97. The Balaban J connectivity index is 0.00000176. The number of carbonyl (C=O) groups excluding carboxylic acids is 1. The van der Waals surface area contributed by atoms with Gasteiger partial charge in [0.15, 0.2) is 0 Å². The molecular weight excluding hydrogens is 296 g/mol. The Hall–Kier alpha value is -1.06. The Kier molecular flexibility index (Phi) is 6.27. The zero-order valence-electron chi connectivity index (χ0n) is 13.4. The van der Waals surface area contributed by atoms with Crippen LogP contribution in [-0.2, 0) is 24.4 Å². The summed E-state index contributed by atoms with van der Waals surface area (Å²) in [6.07, 6.45) is 6.38. The van der Waals surface area contributed by atoms with Crippen molar-refractivity contribution in [3.05, 3.63) is 34.9 Å². The molecule has 3 nitrogen and oxygen atoms in total. The van der Waals surface area contributed by atoms with Crippen molar-refractivity contribution in [3.8, 4) is 0 Å². The van der Waals surface area contributed by atoms with E-state index in [9.17, 15) is 4.79 Å². The zero-order valence-corrected chi connectivity index (χ0v) is 14.2. The number of amides is 1. The van der Waals surface area contributed by atoms with Crippen LogP contribution in [0.5, 0.6) is 0 Å². The van der Waals surface area contributed by atoms with E-state index >= 15 is 0 Å². The van der Waals surface area contributed by atoms with Crippen LogP contribution in [-0.4, -0.2) is 5.91 Å². The minimum absolute atomic E-state index is 0. The van der Waals surface area contributed by atoms with Crippen LogP contribution in [0.25, 0.3) is 0 Å². The summed E-state index contributed by atoms with van der Waals surface area (Å²) in [5, 5.41) is 6.46. The van der Waals surface area contributed by atoms with E-state index in [1.54, 1.807) is 0 Å². The molecule has 2 aliphatic rings. The molecule has 2 N–H and O–H groups in total. The number of hydrogen-bond donors (Lipinski definition) is 2. The van der Waals surface area contributed by atoms with Gasteiger partial charge >= 0.3 is 0 Å². The van der Waals surface area contributed by atoms with Gasteiger partial charge in [0.2, 0.25) is 5.91 Å². The summed E-state index contributed by atoms with van der Waals surface area (Å²) < 4.78 is 0. The molecule has 0 bridgehead atoms. The predicted molar refractivity (Wildman–Crippen MR) is 91.8 cm³/mol. The Bertz CT molecular complexity index is 512. The van der Waals surface area contributed by atoms with Crippen molar-refractivity contribution in [2.45, 2.75) is 58.7 Å². The van der Waals surface area contributed by atoms with E-state index in [2.05, 4.69) is 35.8 Å². The highest BCUT2D eigenvalue weighted by Gasteiger charge is 2.21. The van der Waals surface area contributed by atoms with E-state index < -0.39 is 0 Å². The standard InChI is InChI=1S/C18H26N2O.ClH/c1-13(8-14-4-2-3-5-14)18(21)20-10-15-6-7-16-11-19-12-17(16)9-15;/h6-7,9,13-14,19H,2-5,8,10-12H2,1H3,(H,20,21);1H. The number of rotatable bonds is 5. The maximum atomic E-state index is 12.2. The van der Waals surface area contributed by atoms with Crippen LogP contribution < -0.4 is 10.6 Å². The van der Waals surface area contributed by atoms with E-state index in [0.29, 0.717) is 6.54 Å². The van der Waals surface area contributed by atoms with Gasteiger partial charge in [0, 0.05) is 25.6 Å². The number of nitrogens with one attached hydrogen (secondary N) is 2. The molecule has 1 aliphatic heterocycles. The van der Waals surface area contributed by atoms with E-state index in [0.717, 1.165) is 25.4 Å². The highest BCUT2D eigenvalue weighted by Crippen LogP contribution is 2.30. The Labute approximate surface area is 139 Å². The van der Waals surface area contributed by atoms with Gasteiger partial charge in [-0.25, -0.2) is 0 Å². The largest absolute Gasteiger partial charge is 0.352 e. The first-order chi connectivity index (χ1) is 10.2. The van der Waals surface area contributed by atoms with Crippen LogP contribution in [0.15, 0.2) is 18.2 Å². The summed E-state index contributed by atoms with van der Waals surface area (Å²) >= 11 is 0. The normalized spacial score (nSPS) is 18.6. The van der Waals surface area contributed by atoms with Crippen molar-refractivity contribution in [1.82, 2.24) is 10.6 Å². The number of benzene rings is 1. The molecule has 3 rings (SSSR count). The molecule has 1 unspecified atom stereocenters. The third-order valence-electron chi connectivity index (χ3n) is 4.98. The van der Waals surface area contributed by atoms with Crippen LogP contribution >= 0.6 is 12.4 Å². The number of hydrogen-bond acceptors (Lipinski definition) is 2. The van der Waals surface area contributed by atoms with Gasteiger partial charge < -0.3 is 10.6 Å². The molecule has 1 amide bonds. The first-order valence-electron chi connectivity index (χ1n) is 8.31. The summed E-state index contributed by atoms with van der Waals surface area (Å²) in [5.74, 6) is 1.13. The third kappa shape index (κ3) is 4.23. The van der Waals surface area contributed by atoms with E-state index in [-0.39, 0.29) is 24.2 Å². The lowest BCUT2D eigenvalue weighted by Gasteiger charge is -2.16. The van der Waals surface area contributed by atoms with Crippen LogP contribution in [0.2, 0.25) is 0 Å². The van der Waals surface area contributed by atoms with Crippen LogP contribution in [0.4, 0.5) is 0 Å². The van der Waals surface area contributed by atoms with Crippen molar-refractivity contribution >= 4 is 18.3 Å². The van der Waals surface area contributed by atoms with Gasteiger partial charge in [0.1, 0.15) is 0 Å². The first kappa shape index (κ1) is 17.3. The second-order valence-electron chi connectivity index (χ2n) is 6.71. The maximum Gasteiger partial charge on any atom is 0.223 e. The summed E-state index contributed by atoms with van der Waals surface area (Å²) in [4.78, 5) is 12.2. The molecule has 122 valence electrons. The first-order valence-corrected chi connectivity index (χ1v) is 8.31. The number of fused-ring (bicyclic) bond motifs is 1. The van der Waals surface area contributed by atoms with Crippen LogP contribution in [0, 0.1) is 11.8 Å². The number of halogens is 1. The van der Waals surface area contributed by atoms with Crippen molar-refractivity contribution in [3.63, 3.8) is 0 Å². The Morgan fingerprint density at radius 1 is 1.27 bits per heavy atom. The SMILES string of the molecule is CC(CC1CCCC1)C(=O)NCc1ccc2c(c1)CNC2.Cl. The van der Waals surface area contributed by atoms with Gasteiger partial charge in [0.25, 0.3) is 0 Å². The van der Waals surface area contributed by atoms with Gasteiger partial charge in [0.05, 0.1) is 0 Å². The smallest absolute Gasteiger partial charge is 0.223 e. The molecule has 1 fully saturated rings. The van der Waals surface area contributed by atoms with Gasteiger partial charge in [-0.1, -0.05) is 50.8 Å². The van der Waals surface area contributed by atoms with Crippen LogP contribution in [0.3, 0.4) is 0 Å². The zero-order chi connectivity index (χ0) is 14.7. The van der Waals surface area contributed by atoms with Gasteiger partial charge in [-0.15, -0.1) is 12.4 Å². The third-order valence-corrected chi connectivity index (χ3v) is 4.98. The quantitative estimate of drug-likeness (QED) is 0.870. The molecule has 0 aromatic heterocycles. The van der Waals surface area contributed by atoms with Crippen molar-refractivity contribution < 1.29 is 4.79 Å². The van der Waals surface area contributed by atoms with Crippen molar-refractivity contribution in [2.75, 3.05) is 0 Å². The fourth-order valence-electron chi connectivity index (χ4n) is 3.67. The average Bonchev–Trinajstić information content (AvgIpc) is 3.14. The minimum Gasteiger partial charge on any atom is -0.352 e. The van der Waals surface area contributed by atoms with Gasteiger partial charge in [-0.05, 0) is 29.0 Å². The molecule has 22 heavy (non-hydrogen) atoms. The van der Waals surface area contributed by atoms with Gasteiger partial charge in [-0.2, -0.15) is 0 Å². The molecular formula is C18H27ClN2O. The predicted octanol–water partition coefficient (Wildman–Crippen LogP) is 3.54. The molecule has 1 atom stereocenters. The highest BCUT2D eigenvalue weighted by atomic mass is 35.5. The second-order valence-corrected chi connectivity index (χ2v) is 6.71. The summed E-state index contributed by atoms with van der Waals surface area (Å²) in [6, 6.07) is 6.53. The Morgan fingerprint density at radius 2 is 2.00 bits per heavy atom. The van der Waals surface area contributed by atoms with E-state index in [1.165, 1.54) is 42.4 Å². The average molecular weight is 323 g/mol. The minimum atomic E-state index is 0. The molecule has 1 heterocycles. The molecule has 0 radical (unpaired) electrons. The summed E-state index contributed by atoms with van der Waals surface area (Å²) in [6.45, 7) is 4.65. The fourth-order valence-corrected chi connectivity index (χ4v) is 3.67. The highest BCUT2D eigenvalue weighted by molar-refractivity contribution is 5.85. The topological polar surface area (TPSA) is 41.1 Å². The van der Waals surface area contributed by atoms with Gasteiger partial charge in [-0.3, -0.25) is 4.79 Å². The lowest BCUT2D eigenvalue weighted by Crippen LogP contribution is -2.29. The van der Waals surface area contributed by atoms with Crippen molar-refractivity contribution in [1.29, 1.82) is 0 Å². The molecule has 0 saturated heterocycles. The molecule has 1 aromatic rings. The lowest BCUT2D eigenvalue weighted by atomic mass is 9.94. The van der Waals surface area contributed by atoms with Crippen molar-refractivity contribution in [2.24, 2.45) is 11.8 Å². The maximum absolute atomic E-state index is 12.2.